The van der Waals surface area contributed by atoms with E-state index in [0.29, 0.717) is 0 Å². The van der Waals surface area contributed by atoms with E-state index in [0.717, 1.165) is 21.3 Å². The third kappa shape index (κ3) is 2.36. The monoisotopic (exact) mass is 251 g/mol. The van der Waals surface area contributed by atoms with Crippen LogP contribution < -0.4 is 4.74 Å². The average Bonchev–Trinajstić information content (AvgIpc) is 2.17. The molecule has 0 amide bonds. The van der Waals surface area contributed by atoms with Gasteiger partial charge in [0.25, 0.3) is 0 Å². The summed E-state index contributed by atoms with van der Waals surface area (Å²) in [5, 5.41) is 8.42. The molecular formula is C11H10BrNO. The van der Waals surface area contributed by atoms with Crippen LogP contribution in [-0.4, -0.2) is 7.11 Å². The summed E-state index contributed by atoms with van der Waals surface area (Å²) in [5.41, 5.74) is 2.00. The van der Waals surface area contributed by atoms with Crippen LogP contribution in [0.25, 0.3) is 6.08 Å². The lowest BCUT2D eigenvalue weighted by Crippen LogP contribution is -1.88. The number of nitrogens with zero attached hydrogens (tertiary/aromatic N) is 1. The molecule has 0 aromatic heterocycles. The minimum absolute atomic E-state index is 0.825. The molecule has 0 heterocycles. The summed E-state index contributed by atoms with van der Waals surface area (Å²) < 4.78 is 6.14. The van der Waals surface area contributed by atoms with Crippen LogP contribution in [0.3, 0.4) is 0 Å². The molecule has 0 fully saturated rings. The lowest BCUT2D eigenvalue weighted by Gasteiger charge is -2.07. The number of methoxy groups -OCH3 is 1. The molecule has 0 saturated carbocycles. The zero-order valence-electron chi connectivity index (χ0n) is 8.04. The Morgan fingerprint density at radius 1 is 1.50 bits per heavy atom. The highest BCUT2D eigenvalue weighted by molar-refractivity contribution is 9.10. The van der Waals surface area contributed by atoms with Gasteiger partial charge in [-0.2, -0.15) is 5.26 Å². The molecule has 3 heteroatoms. The summed E-state index contributed by atoms with van der Waals surface area (Å²) in [5.74, 6) is 0.825. The van der Waals surface area contributed by atoms with Gasteiger partial charge < -0.3 is 4.74 Å². The largest absolute Gasteiger partial charge is 0.496 e. The van der Waals surface area contributed by atoms with E-state index in [1.165, 1.54) is 6.08 Å². The number of aryl methyl sites for hydroxylation is 1. The van der Waals surface area contributed by atoms with Gasteiger partial charge in [0, 0.05) is 10.5 Å². The van der Waals surface area contributed by atoms with Gasteiger partial charge in [0.15, 0.2) is 0 Å². The fraction of sp³-hybridized carbons (Fsp3) is 0.182. The van der Waals surface area contributed by atoms with Gasteiger partial charge in [0.05, 0.1) is 13.2 Å². The molecule has 14 heavy (non-hydrogen) atoms. The van der Waals surface area contributed by atoms with Crippen LogP contribution in [0.2, 0.25) is 0 Å². The molecule has 0 bridgehead atoms. The zero-order valence-corrected chi connectivity index (χ0v) is 9.63. The standard InChI is InChI=1S/C11H10BrNO/c1-8-6-10(12)9(4-3-5-13)7-11(8)14-2/h3-4,6-7H,1-2H3/b4-3+. The van der Waals surface area contributed by atoms with Crippen molar-refractivity contribution in [2.45, 2.75) is 6.92 Å². The van der Waals surface area contributed by atoms with Crippen LogP contribution in [0.5, 0.6) is 5.75 Å². The van der Waals surface area contributed by atoms with Crippen molar-refractivity contribution in [3.8, 4) is 11.8 Å². The predicted molar refractivity (Wildman–Crippen MR) is 60.1 cm³/mol. The molecule has 0 atom stereocenters. The Morgan fingerprint density at radius 3 is 2.79 bits per heavy atom. The summed E-state index contributed by atoms with van der Waals surface area (Å²) in [6, 6.07) is 5.82. The van der Waals surface area contributed by atoms with Gasteiger partial charge >= 0.3 is 0 Å². The first kappa shape index (κ1) is 10.8. The van der Waals surface area contributed by atoms with Crippen LogP contribution in [0.1, 0.15) is 11.1 Å². The van der Waals surface area contributed by atoms with Gasteiger partial charge in [-0.1, -0.05) is 15.9 Å². The first-order valence-electron chi connectivity index (χ1n) is 4.09. The normalized spacial score (nSPS) is 10.1. The number of halogens is 1. The average molecular weight is 252 g/mol. The van der Waals surface area contributed by atoms with Gasteiger partial charge in [-0.05, 0) is 36.3 Å². The highest BCUT2D eigenvalue weighted by Gasteiger charge is 2.03. The quantitative estimate of drug-likeness (QED) is 0.756. The number of hydrogen-bond acceptors (Lipinski definition) is 2. The molecule has 0 saturated heterocycles. The number of benzene rings is 1. The summed E-state index contributed by atoms with van der Waals surface area (Å²) in [7, 11) is 1.63. The zero-order chi connectivity index (χ0) is 10.6. The molecule has 1 aromatic carbocycles. The Kier molecular flexibility index (Phi) is 3.73. The van der Waals surface area contributed by atoms with Crippen molar-refractivity contribution in [2.24, 2.45) is 0 Å². The maximum Gasteiger partial charge on any atom is 0.122 e. The molecule has 72 valence electrons. The van der Waals surface area contributed by atoms with E-state index in [1.807, 2.05) is 25.1 Å². The van der Waals surface area contributed by atoms with Crippen molar-refractivity contribution >= 4 is 22.0 Å². The van der Waals surface area contributed by atoms with E-state index in [-0.39, 0.29) is 0 Å². The van der Waals surface area contributed by atoms with E-state index in [2.05, 4.69) is 15.9 Å². The molecule has 0 unspecified atom stereocenters. The second-order valence-electron chi connectivity index (χ2n) is 2.81. The van der Waals surface area contributed by atoms with Crippen molar-refractivity contribution in [1.29, 1.82) is 5.26 Å². The van der Waals surface area contributed by atoms with E-state index >= 15 is 0 Å². The van der Waals surface area contributed by atoms with E-state index in [1.54, 1.807) is 13.2 Å². The van der Waals surface area contributed by atoms with Crippen LogP contribution in [0.15, 0.2) is 22.7 Å². The van der Waals surface area contributed by atoms with Gasteiger partial charge in [-0.15, -0.1) is 0 Å². The first-order chi connectivity index (χ1) is 6.69. The topological polar surface area (TPSA) is 33.0 Å². The van der Waals surface area contributed by atoms with Crippen LogP contribution in [0, 0.1) is 18.3 Å². The molecular weight excluding hydrogens is 242 g/mol. The molecule has 0 N–H and O–H groups in total. The van der Waals surface area contributed by atoms with Crippen molar-refractivity contribution in [3.63, 3.8) is 0 Å². The summed E-state index contributed by atoms with van der Waals surface area (Å²) in [6.45, 7) is 1.97. The Bertz CT molecular complexity index is 404. The molecule has 1 rings (SSSR count). The number of ether oxygens (including phenoxy) is 1. The molecule has 0 aliphatic rings. The smallest absolute Gasteiger partial charge is 0.122 e. The Morgan fingerprint density at radius 2 is 2.21 bits per heavy atom. The van der Waals surface area contributed by atoms with Crippen molar-refractivity contribution < 1.29 is 4.74 Å². The van der Waals surface area contributed by atoms with E-state index in [9.17, 15) is 0 Å². The number of rotatable bonds is 2. The van der Waals surface area contributed by atoms with Crippen LogP contribution >= 0.6 is 15.9 Å². The number of hydrogen-bond donors (Lipinski definition) is 0. The van der Waals surface area contributed by atoms with Crippen LogP contribution in [-0.2, 0) is 0 Å². The van der Waals surface area contributed by atoms with Crippen LogP contribution in [0.4, 0.5) is 0 Å². The van der Waals surface area contributed by atoms with Gasteiger partial charge in [-0.3, -0.25) is 0 Å². The fourth-order valence-electron chi connectivity index (χ4n) is 1.14. The molecule has 1 aromatic rings. The minimum Gasteiger partial charge on any atom is -0.496 e. The lowest BCUT2D eigenvalue weighted by atomic mass is 10.1. The molecule has 2 nitrogen and oxygen atoms in total. The molecule has 0 aliphatic heterocycles. The Labute approximate surface area is 91.9 Å². The van der Waals surface area contributed by atoms with Crippen molar-refractivity contribution in [2.75, 3.05) is 7.11 Å². The second kappa shape index (κ2) is 4.83. The predicted octanol–water partition coefficient (Wildman–Crippen LogP) is 3.30. The third-order valence-electron chi connectivity index (χ3n) is 1.85. The van der Waals surface area contributed by atoms with Gasteiger partial charge in [-0.25, -0.2) is 0 Å². The lowest BCUT2D eigenvalue weighted by molar-refractivity contribution is 0.411. The SMILES string of the molecule is COc1cc(/C=C/C#N)c(Br)cc1C. The van der Waals surface area contributed by atoms with E-state index in [4.69, 9.17) is 10.00 Å². The first-order valence-corrected chi connectivity index (χ1v) is 4.88. The Hall–Kier alpha value is -1.27. The molecule has 0 spiro atoms. The third-order valence-corrected chi connectivity index (χ3v) is 2.54. The maximum atomic E-state index is 8.42. The Balaban J connectivity index is 3.18. The minimum atomic E-state index is 0.825. The summed E-state index contributed by atoms with van der Waals surface area (Å²) in [6.07, 6.45) is 3.18. The highest BCUT2D eigenvalue weighted by atomic mass is 79.9. The fourth-order valence-corrected chi connectivity index (χ4v) is 1.73. The van der Waals surface area contributed by atoms with Gasteiger partial charge in [0.2, 0.25) is 0 Å². The van der Waals surface area contributed by atoms with Crippen molar-refractivity contribution in [3.05, 3.63) is 33.8 Å². The van der Waals surface area contributed by atoms with Gasteiger partial charge in [0.1, 0.15) is 5.75 Å². The maximum absolute atomic E-state index is 8.42. The molecule has 0 radical (unpaired) electrons. The summed E-state index contributed by atoms with van der Waals surface area (Å²) in [4.78, 5) is 0. The molecule has 0 aliphatic carbocycles. The van der Waals surface area contributed by atoms with Crippen molar-refractivity contribution in [1.82, 2.24) is 0 Å². The van der Waals surface area contributed by atoms with E-state index < -0.39 is 0 Å². The summed E-state index contributed by atoms with van der Waals surface area (Å²) >= 11 is 3.42. The highest BCUT2D eigenvalue weighted by Crippen LogP contribution is 2.27. The number of nitriles is 1. The number of allylic oxidation sites excluding steroid dienone is 1. The second-order valence-corrected chi connectivity index (χ2v) is 3.66.